The number of aromatic nitrogens is 3. The molecule has 0 aromatic carbocycles. The number of nitrogens with one attached hydrogen (secondary N) is 1. The van der Waals surface area contributed by atoms with Crippen LogP contribution in [0.25, 0.3) is 21.8 Å². The van der Waals surface area contributed by atoms with Gasteiger partial charge >= 0.3 is 0 Å². The first-order chi connectivity index (χ1) is 7.95. The molecule has 0 unspecified atom stereocenters. The minimum absolute atomic E-state index is 0.920. The van der Waals surface area contributed by atoms with Crippen molar-refractivity contribution in [1.29, 1.82) is 0 Å². The van der Waals surface area contributed by atoms with Crippen molar-refractivity contribution in [3.8, 4) is 21.8 Å². The van der Waals surface area contributed by atoms with Gasteiger partial charge in [-0.05, 0) is 23.6 Å². The molecule has 16 heavy (non-hydrogen) atoms. The molecule has 0 aliphatic heterocycles. The first kappa shape index (κ1) is 9.30. The molecule has 3 nitrogen and oxygen atoms in total. The normalized spacial score (nSPS) is 10.5. The van der Waals surface area contributed by atoms with Gasteiger partial charge in [-0.2, -0.15) is 5.10 Å². The van der Waals surface area contributed by atoms with Crippen LogP contribution >= 0.6 is 11.3 Å². The first-order valence-electron chi connectivity index (χ1n) is 4.94. The van der Waals surface area contributed by atoms with E-state index in [-0.39, 0.29) is 0 Å². The predicted octanol–water partition coefficient (Wildman–Crippen LogP) is 3.20. The molecule has 3 aromatic rings. The monoisotopic (exact) mass is 227 g/mol. The molecule has 0 fully saturated rings. The van der Waals surface area contributed by atoms with Crippen molar-refractivity contribution >= 4 is 11.3 Å². The van der Waals surface area contributed by atoms with E-state index >= 15 is 0 Å². The maximum Gasteiger partial charge on any atom is 0.0921 e. The lowest BCUT2D eigenvalue weighted by molar-refractivity contribution is 1.09. The molecule has 0 radical (unpaired) electrons. The number of H-pyrrole nitrogens is 1. The molecule has 0 spiro atoms. The standard InChI is InChI=1S/C12H9N3S/c1-2-6-13-10(4-1)12-9(8-14-15-12)11-5-3-7-16-11/h1-8H,(H,14,15). The van der Waals surface area contributed by atoms with Gasteiger partial charge in [0.25, 0.3) is 0 Å². The fourth-order valence-corrected chi connectivity index (χ4v) is 2.35. The van der Waals surface area contributed by atoms with E-state index in [1.807, 2.05) is 30.5 Å². The van der Waals surface area contributed by atoms with Crippen LogP contribution in [0.4, 0.5) is 0 Å². The fourth-order valence-electron chi connectivity index (χ4n) is 1.61. The SMILES string of the molecule is c1ccc(-c2[nH]ncc2-c2cccs2)nc1. The number of rotatable bonds is 2. The molecule has 78 valence electrons. The molecule has 3 rings (SSSR count). The second kappa shape index (κ2) is 3.90. The number of nitrogens with zero attached hydrogens (tertiary/aromatic N) is 2. The van der Waals surface area contributed by atoms with Crippen molar-refractivity contribution in [1.82, 2.24) is 15.2 Å². The van der Waals surface area contributed by atoms with Gasteiger partial charge in [-0.1, -0.05) is 12.1 Å². The van der Waals surface area contributed by atoms with Crippen LogP contribution in [0.15, 0.2) is 48.1 Å². The summed E-state index contributed by atoms with van der Waals surface area (Å²) in [4.78, 5) is 5.53. The minimum atomic E-state index is 0.920. The van der Waals surface area contributed by atoms with Crippen LogP contribution < -0.4 is 0 Å². The van der Waals surface area contributed by atoms with Gasteiger partial charge in [0.05, 0.1) is 17.6 Å². The minimum Gasteiger partial charge on any atom is -0.276 e. The molecule has 3 heterocycles. The van der Waals surface area contributed by atoms with Gasteiger partial charge in [0, 0.05) is 16.6 Å². The molecule has 1 N–H and O–H groups in total. The second-order valence-electron chi connectivity index (χ2n) is 3.35. The third kappa shape index (κ3) is 1.53. The Morgan fingerprint density at radius 2 is 2.12 bits per heavy atom. The van der Waals surface area contributed by atoms with Gasteiger partial charge in [0.2, 0.25) is 0 Å². The lowest BCUT2D eigenvalue weighted by Crippen LogP contribution is -1.84. The van der Waals surface area contributed by atoms with E-state index in [0.717, 1.165) is 17.0 Å². The van der Waals surface area contributed by atoms with Crippen LogP contribution in [0.1, 0.15) is 0 Å². The highest BCUT2D eigenvalue weighted by Crippen LogP contribution is 2.31. The second-order valence-corrected chi connectivity index (χ2v) is 4.30. The molecule has 0 saturated carbocycles. The molecule has 0 aliphatic carbocycles. The number of aromatic amines is 1. The van der Waals surface area contributed by atoms with Crippen molar-refractivity contribution in [2.45, 2.75) is 0 Å². The van der Waals surface area contributed by atoms with Crippen LogP contribution in [0.3, 0.4) is 0 Å². The molecular weight excluding hydrogens is 218 g/mol. The third-order valence-electron chi connectivity index (χ3n) is 2.35. The number of hydrogen-bond donors (Lipinski definition) is 1. The topological polar surface area (TPSA) is 41.6 Å². The Kier molecular flexibility index (Phi) is 2.27. The number of pyridine rings is 1. The highest BCUT2D eigenvalue weighted by atomic mass is 32.1. The summed E-state index contributed by atoms with van der Waals surface area (Å²) >= 11 is 1.70. The molecule has 4 heteroatoms. The average molecular weight is 227 g/mol. The quantitative estimate of drug-likeness (QED) is 0.730. The molecular formula is C12H9N3S. The number of hydrogen-bond acceptors (Lipinski definition) is 3. The van der Waals surface area contributed by atoms with E-state index in [1.54, 1.807) is 17.5 Å². The maximum atomic E-state index is 4.33. The van der Waals surface area contributed by atoms with Gasteiger partial charge < -0.3 is 0 Å². The Hall–Kier alpha value is -1.94. The largest absolute Gasteiger partial charge is 0.276 e. The van der Waals surface area contributed by atoms with Crippen molar-refractivity contribution in [2.75, 3.05) is 0 Å². The summed E-state index contributed by atoms with van der Waals surface area (Å²) in [5.41, 5.74) is 3.00. The summed E-state index contributed by atoms with van der Waals surface area (Å²) in [7, 11) is 0. The highest BCUT2D eigenvalue weighted by molar-refractivity contribution is 7.13. The summed E-state index contributed by atoms with van der Waals surface area (Å²) in [5, 5.41) is 9.16. The van der Waals surface area contributed by atoms with Crippen LogP contribution in [0.5, 0.6) is 0 Å². The third-order valence-corrected chi connectivity index (χ3v) is 3.25. The molecule has 3 aromatic heterocycles. The average Bonchev–Trinajstić information content (AvgIpc) is 3.01. The highest BCUT2D eigenvalue weighted by Gasteiger charge is 2.10. The first-order valence-corrected chi connectivity index (χ1v) is 5.82. The van der Waals surface area contributed by atoms with Crippen molar-refractivity contribution in [2.24, 2.45) is 0 Å². The molecule has 0 atom stereocenters. The zero-order valence-corrected chi connectivity index (χ0v) is 9.24. The van der Waals surface area contributed by atoms with E-state index in [9.17, 15) is 0 Å². The summed E-state index contributed by atoms with van der Waals surface area (Å²) in [6.45, 7) is 0. The Morgan fingerprint density at radius 3 is 2.88 bits per heavy atom. The summed E-state index contributed by atoms with van der Waals surface area (Å²) < 4.78 is 0. The molecule has 0 bridgehead atoms. The smallest absolute Gasteiger partial charge is 0.0921 e. The van der Waals surface area contributed by atoms with Gasteiger partial charge in [-0.25, -0.2) is 0 Å². The molecule has 0 saturated heterocycles. The number of thiophene rings is 1. The van der Waals surface area contributed by atoms with Gasteiger partial charge in [-0.3, -0.25) is 10.1 Å². The molecule has 0 amide bonds. The summed E-state index contributed by atoms with van der Waals surface area (Å²) in [6.07, 6.45) is 3.63. The zero-order valence-electron chi connectivity index (χ0n) is 8.42. The van der Waals surface area contributed by atoms with Crippen LogP contribution in [0, 0.1) is 0 Å². The fraction of sp³-hybridized carbons (Fsp3) is 0. The Balaban J connectivity index is 2.14. The van der Waals surface area contributed by atoms with Crippen LogP contribution in [-0.2, 0) is 0 Å². The van der Waals surface area contributed by atoms with Crippen molar-refractivity contribution in [3.63, 3.8) is 0 Å². The lowest BCUT2D eigenvalue weighted by atomic mass is 10.1. The van der Waals surface area contributed by atoms with Gasteiger partial charge in [0.15, 0.2) is 0 Å². The summed E-state index contributed by atoms with van der Waals surface area (Å²) in [5.74, 6) is 0. The lowest BCUT2D eigenvalue weighted by Gasteiger charge is -1.99. The predicted molar refractivity (Wildman–Crippen MR) is 65.1 cm³/mol. The summed E-state index contributed by atoms with van der Waals surface area (Å²) in [6, 6.07) is 9.98. The maximum absolute atomic E-state index is 4.33. The van der Waals surface area contributed by atoms with E-state index in [0.29, 0.717) is 0 Å². The van der Waals surface area contributed by atoms with Crippen molar-refractivity contribution < 1.29 is 0 Å². The Morgan fingerprint density at radius 1 is 1.12 bits per heavy atom. The van der Waals surface area contributed by atoms with Gasteiger partial charge in [-0.15, -0.1) is 11.3 Å². The Bertz CT molecular complexity index is 569. The van der Waals surface area contributed by atoms with Crippen LogP contribution in [-0.4, -0.2) is 15.2 Å². The Labute approximate surface area is 96.8 Å². The van der Waals surface area contributed by atoms with Gasteiger partial charge in [0.1, 0.15) is 0 Å². The van der Waals surface area contributed by atoms with E-state index in [1.165, 1.54) is 4.88 Å². The van der Waals surface area contributed by atoms with E-state index in [2.05, 4.69) is 26.6 Å². The zero-order chi connectivity index (χ0) is 10.8. The van der Waals surface area contributed by atoms with Crippen LogP contribution in [0.2, 0.25) is 0 Å². The van der Waals surface area contributed by atoms with E-state index in [4.69, 9.17) is 0 Å². The van der Waals surface area contributed by atoms with E-state index < -0.39 is 0 Å². The molecule has 0 aliphatic rings. The van der Waals surface area contributed by atoms with Crippen molar-refractivity contribution in [3.05, 3.63) is 48.1 Å².